The van der Waals surface area contributed by atoms with Crippen LogP contribution >= 0.6 is 0 Å². The molecule has 1 aromatic rings. The number of amides is 1. The van der Waals surface area contributed by atoms with Gasteiger partial charge in [0.15, 0.2) is 6.79 Å². The van der Waals surface area contributed by atoms with Gasteiger partial charge in [-0.3, -0.25) is 24.0 Å². The van der Waals surface area contributed by atoms with Gasteiger partial charge in [0.25, 0.3) is 0 Å². The molecule has 0 spiro atoms. The molecular weight excluding hydrogens is 851 g/mol. The van der Waals surface area contributed by atoms with Crippen LogP contribution in [0.2, 0.25) is 0 Å². The van der Waals surface area contributed by atoms with Crippen LogP contribution in [0.5, 0.6) is 5.75 Å². The molecule has 3 N–H and O–H groups in total. The van der Waals surface area contributed by atoms with Gasteiger partial charge in [-0.15, -0.1) is 0 Å². The molecule has 4 unspecified atom stereocenters. The standard InChI is InChI=1S/C28H40O10.C19H31NO7/c1-7-20(17-28(6,18-27(3,4)5)26(33)37-16-15-35-23(29)8-2)25(32)36-14-13-34-19-38-22-12-10-9-11-21(22)24(30)31;1-7-16(25)27-13(9-18(3,4)5)10-19(6,8-2)17(26)20(11-14(21)22)12-15(23)24/h8-12,20H,2,7,13-19H2,1,3-6H3,(H,30,31);7,13H,1,8-12H2,2-6H3,(H,21,22)(H,23,24). The summed E-state index contributed by atoms with van der Waals surface area (Å²) < 4.78 is 31.7. The van der Waals surface area contributed by atoms with Crippen molar-refractivity contribution in [2.75, 3.05) is 46.3 Å². The summed E-state index contributed by atoms with van der Waals surface area (Å²) in [4.78, 5) is 95.8. The van der Waals surface area contributed by atoms with Crippen molar-refractivity contribution in [2.45, 2.75) is 114 Å². The van der Waals surface area contributed by atoms with Gasteiger partial charge >= 0.3 is 41.8 Å². The smallest absolute Gasteiger partial charge is 0.339 e. The summed E-state index contributed by atoms with van der Waals surface area (Å²) >= 11 is 0. The Kier molecular flexibility index (Phi) is 25.7. The van der Waals surface area contributed by atoms with Crippen LogP contribution < -0.4 is 4.74 Å². The van der Waals surface area contributed by atoms with E-state index in [0.29, 0.717) is 25.7 Å². The van der Waals surface area contributed by atoms with Crippen LogP contribution in [-0.2, 0) is 57.2 Å². The quantitative estimate of drug-likeness (QED) is 0.0259. The van der Waals surface area contributed by atoms with Crippen molar-refractivity contribution in [3.8, 4) is 5.75 Å². The Hall–Kier alpha value is -5.78. The first-order valence-electron chi connectivity index (χ1n) is 21.3. The summed E-state index contributed by atoms with van der Waals surface area (Å²) in [5.74, 6) is -6.83. The number of benzene rings is 1. The van der Waals surface area contributed by atoms with E-state index < -0.39 is 83.6 Å². The van der Waals surface area contributed by atoms with Crippen molar-refractivity contribution in [1.29, 1.82) is 0 Å². The lowest BCUT2D eigenvalue weighted by Gasteiger charge is -2.36. The summed E-state index contributed by atoms with van der Waals surface area (Å²) in [5, 5.41) is 27.2. The number of para-hydroxylation sites is 1. The molecule has 18 nitrogen and oxygen atoms in total. The second kappa shape index (κ2) is 28.2. The third kappa shape index (κ3) is 24.2. The van der Waals surface area contributed by atoms with E-state index in [-0.39, 0.29) is 68.2 Å². The summed E-state index contributed by atoms with van der Waals surface area (Å²) in [7, 11) is 0. The van der Waals surface area contributed by atoms with Crippen LogP contribution in [0.25, 0.3) is 0 Å². The van der Waals surface area contributed by atoms with Crippen LogP contribution in [0.4, 0.5) is 0 Å². The number of aromatic carboxylic acids is 1. The van der Waals surface area contributed by atoms with E-state index in [2.05, 4.69) is 13.2 Å². The molecule has 1 amide bonds. The SMILES string of the molecule is C=CC(=O)OC(CC(C)(C)C)CC(C)(CC)C(=O)N(CC(=O)O)CC(=O)O.C=CC(=O)OCCOC(=O)C(C)(CC(CC)C(=O)OCCOCOc1ccccc1C(=O)O)CC(C)(C)C. The lowest BCUT2D eigenvalue weighted by Crippen LogP contribution is -2.48. The molecule has 0 bridgehead atoms. The molecule has 1 aromatic carbocycles. The van der Waals surface area contributed by atoms with Crippen molar-refractivity contribution in [1.82, 2.24) is 4.90 Å². The first-order chi connectivity index (χ1) is 30.1. The highest BCUT2D eigenvalue weighted by atomic mass is 16.7. The van der Waals surface area contributed by atoms with Crippen molar-refractivity contribution in [2.24, 2.45) is 27.6 Å². The molecule has 18 heteroatoms. The van der Waals surface area contributed by atoms with E-state index in [1.807, 2.05) is 48.5 Å². The van der Waals surface area contributed by atoms with Gasteiger partial charge in [-0.05, 0) is 68.4 Å². The monoisotopic (exact) mass is 921 g/mol. The van der Waals surface area contributed by atoms with Crippen LogP contribution in [-0.4, -0.2) is 120 Å². The highest BCUT2D eigenvalue weighted by Crippen LogP contribution is 2.41. The van der Waals surface area contributed by atoms with E-state index in [1.54, 1.807) is 32.9 Å². The van der Waals surface area contributed by atoms with Gasteiger partial charge in [-0.1, -0.05) is 87.6 Å². The topological polar surface area (TPSA) is 256 Å². The number of rotatable bonds is 28. The Balaban J connectivity index is 0.00000134. The predicted molar refractivity (Wildman–Crippen MR) is 238 cm³/mol. The largest absolute Gasteiger partial charge is 0.480 e. The highest BCUT2D eigenvalue weighted by molar-refractivity contribution is 5.91. The van der Waals surface area contributed by atoms with Crippen LogP contribution in [0.3, 0.4) is 0 Å². The third-order valence-electron chi connectivity index (χ3n) is 9.75. The van der Waals surface area contributed by atoms with E-state index in [9.17, 15) is 43.5 Å². The number of carboxylic acids is 3. The second-order valence-electron chi connectivity index (χ2n) is 18.3. The molecule has 1 rings (SSSR count). The Labute approximate surface area is 382 Å². The molecule has 0 aliphatic heterocycles. The van der Waals surface area contributed by atoms with E-state index >= 15 is 0 Å². The van der Waals surface area contributed by atoms with Gasteiger partial charge < -0.3 is 48.6 Å². The molecule has 65 heavy (non-hydrogen) atoms. The molecule has 0 saturated heterocycles. The average molecular weight is 922 g/mol. The Morgan fingerprint density at radius 1 is 0.692 bits per heavy atom. The molecule has 0 saturated carbocycles. The maximum Gasteiger partial charge on any atom is 0.339 e. The third-order valence-corrected chi connectivity index (χ3v) is 9.75. The molecule has 0 heterocycles. The molecular formula is C47H71NO17. The Morgan fingerprint density at radius 2 is 1.25 bits per heavy atom. The molecule has 0 fully saturated rings. The minimum atomic E-state index is -1.30. The molecule has 0 aromatic heterocycles. The summed E-state index contributed by atoms with van der Waals surface area (Å²) in [5.41, 5.74) is -2.45. The van der Waals surface area contributed by atoms with Crippen molar-refractivity contribution in [3.05, 3.63) is 55.1 Å². The minimum absolute atomic E-state index is 0.0166. The van der Waals surface area contributed by atoms with Crippen molar-refractivity contribution >= 4 is 47.7 Å². The van der Waals surface area contributed by atoms with Crippen LogP contribution in [0.1, 0.15) is 118 Å². The zero-order valence-corrected chi connectivity index (χ0v) is 39.7. The number of carbonyl (C=O) groups is 8. The molecule has 0 radical (unpaired) electrons. The van der Waals surface area contributed by atoms with Crippen molar-refractivity contribution < 1.29 is 82.1 Å². The number of carbonyl (C=O) groups excluding carboxylic acids is 5. The second-order valence-corrected chi connectivity index (χ2v) is 18.3. The Morgan fingerprint density at radius 3 is 1.74 bits per heavy atom. The van der Waals surface area contributed by atoms with E-state index in [0.717, 1.165) is 17.1 Å². The number of nitrogens with zero attached hydrogens (tertiary/aromatic N) is 1. The van der Waals surface area contributed by atoms with Gasteiger partial charge in [0.05, 0.1) is 17.9 Å². The van der Waals surface area contributed by atoms with Gasteiger partial charge in [0.2, 0.25) is 5.91 Å². The number of hydrogen-bond acceptors (Lipinski definition) is 14. The van der Waals surface area contributed by atoms with E-state index in [1.165, 1.54) is 12.1 Å². The number of ether oxygens (including phenoxy) is 6. The number of carboxylic acid groups (broad SMARTS) is 3. The summed E-state index contributed by atoms with van der Waals surface area (Å²) in [6, 6.07) is 6.18. The zero-order chi connectivity index (χ0) is 50.2. The van der Waals surface area contributed by atoms with Gasteiger partial charge in [0.1, 0.15) is 50.3 Å². The predicted octanol–water partition coefficient (Wildman–Crippen LogP) is 6.74. The normalized spacial score (nSPS) is 13.9. The first kappa shape index (κ1) is 59.2. The van der Waals surface area contributed by atoms with Crippen LogP contribution in [0, 0.1) is 27.6 Å². The zero-order valence-electron chi connectivity index (χ0n) is 39.7. The number of aliphatic carboxylic acids is 2. The fraction of sp³-hybridized carbons (Fsp3) is 0.617. The van der Waals surface area contributed by atoms with Crippen molar-refractivity contribution in [3.63, 3.8) is 0 Å². The van der Waals surface area contributed by atoms with E-state index in [4.69, 9.17) is 38.6 Å². The number of hydrogen-bond donors (Lipinski definition) is 3. The van der Waals surface area contributed by atoms with Gasteiger partial charge in [-0.25, -0.2) is 14.4 Å². The first-order valence-corrected chi connectivity index (χ1v) is 21.3. The lowest BCUT2D eigenvalue weighted by molar-refractivity contribution is -0.164. The summed E-state index contributed by atoms with van der Waals surface area (Å²) in [6.45, 7) is 23.7. The highest BCUT2D eigenvalue weighted by Gasteiger charge is 2.43. The van der Waals surface area contributed by atoms with Crippen LogP contribution in [0.15, 0.2) is 49.6 Å². The number of esters is 4. The lowest BCUT2D eigenvalue weighted by atomic mass is 9.70. The molecule has 0 aliphatic carbocycles. The average Bonchev–Trinajstić information content (AvgIpc) is 3.20. The maximum atomic E-state index is 13.0. The molecule has 0 aliphatic rings. The maximum absolute atomic E-state index is 13.0. The Bertz CT molecular complexity index is 1760. The fourth-order valence-electron chi connectivity index (χ4n) is 6.94. The molecule has 4 atom stereocenters. The minimum Gasteiger partial charge on any atom is -0.480 e. The van der Waals surface area contributed by atoms with Gasteiger partial charge in [-0.2, -0.15) is 0 Å². The molecule has 366 valence electrons. The summed E-state index contributed by atoms with van der Waals surface area (Å²) in [6.07, 6.45) is 3.57. The fourth-order valence-corrected chi connectivity index (χ4v) is 6.94. The van der Waals surface area contributed by atoms with Gasteiger partial charge in [0, 0.05) is 17.6 Å².